The maximum atomic E-state index is 13.5. The molecule has 2 heterocycles. The number of phenols is 1. The number of aromatic nitrogens is 2. The van der Waals surface area contributed by atoms with E-state index in [1.165, 1.54) is 6.08 Å². The van der Waals surface area contributed by atoms with Crippen molar-refractivity contribution in [2.45, 2.75) is 6.54 Å². The molecule has 9 heteroatoms. The Kier molecular flexibility index (Phi) is 7.10. The fourth-order valence-corrected chi connectivity index (χ4v) is 5.08. The number of likely N-dealkylation sites (tertiary alicyclic amines) is 1. The number of carbonyl (C=O) groups excluding carboxylic acids is 1. The number of amides is 1. The van der Waals surface area contributed by atoms with Crippen molar-refractivity contribution in [1.29, 1.82) is 0 Å². The van der Waals surface area contributed by atoms with E-state index < -0.39 is 0 Å². The lowest BCUT2D eigenvalue weighted by atomic mass is 9.97. The summed E-state index contributed by atoms with van der Waals surface area (Å²) in [5.41, 5.74) is 2.25. The van der Waals surface area contributed by atoms with Crippen LogP contribution in [0.1, 0.15) is 0 Å². The molecule has 0 unspecified atom stereocenters. The van der Waals surface area contributed by atoms with Gasteiger partial charge in [-0.05, 0) is 60.8 Å². The number of benzene rings is 3. The van der Waals surface area contributed by atoms with E-state index in [9.17, 15) is 14.7 Å². The Hall–Kier alpha value is -3.88. The van der Waals surface area contributed by atoms with Crippen LogP contribution in [0, 0.1) is 5.92 Å². The molecule has 8 nitrogen and oxygen atoms in total. The molecule has 0 saturated carbocycles. The third-order valence-electron chi connectivity index (χ3n) is 6.80. The fraction of sp³-hybridized carbons (Fsp3) is 0.276. The third kappa shape index (κ3) is 4.97. The number of hydrogen-bond acceptors (Lipinski definition) is 6. The lowest BCUT2D eigenvalue weighted by molar-refractivity contribution is -0.132. The van der Waals surface area contributed by atoms with Gasteiger partial charge in [-0.25, -0.2) is 4.98 Å². The van der Waals surface area contributed by atoms with Crippen molar-refractivity contribution in [3.8, 4) is 22.8 Å². The molecule has 5 rings (SSSR count). The monoisotopic (exact) mass is 532 g/mol. The van der Waals surface area contributed by atoms with Crippen LogP contribution in [0.3, 0.4) is 0 Å². The van der Waals surface area contributed by atoms with E-state index in [2.05, 4.69) is 11.6 Å². The number of ether oxygens (including phenoxy) is 1. The first-order chi connectivity index (χ1) is 18.2. The zero-order chi connectivity index (χ0) is 27.0. The molecular formula is C29H29ClN4O4. The van der Waals surface area contributed by atoms with Crippen molar-refractivity contribution in [3.63, 3.8) is 0 Å². The van der Waals surface area contributed by atoms with Crippen molar-refractivity contribution >= 4 is 39.3 Å². The average Bonchev–Trinajstić information content (AvgIpc) is 2.86. The van der Waals surface area contributed by atoms with Gasteiger partial charge in [-0.15, -0.1) is 0 Å². The molecule has 1 N–H and O–H groups in total. The SMILES string of the molecule is C=CC(=O)N1CC(Cn2c(=O)c(OCCN(C)C)nc3cc(-c4cc(O)cc5ccccc45)c(Cl)cc32)C1. The molecule has 1 aliphatic rings. The van der Waals surface area contributed by atoms with Crippen LogP contribution in [0.4, 0.5) is 0 Å². The standard InChI is InChI=1S/C29H29ClN4O4/c1-4-27(36)33-15-18(16-33)17-34-26-14-24(30)23(22-12-20(35)11-19-7-5-6-8-21(19)22)13-25(26)31-28(29(34)37)38-10-9-32(2)3/h4-8,11-14,18,35H,1,9-10,15-17H2,2-3H3. The van der Waals surface area contributed by atoms with E-state index >= 15 is 0 Å². The van der Waals surface area contributed by atoms with Crippen LogP contribution in [0.2, 0.25) is 5.02 Å². The lowest BCUT2D eigenvalue weighted by Crippen LogP contribution is -2.51. The van der Waals surface area contributed by atoms with Gasteiger partial charge in [0.15, 0.2) is 0 Å². The maximum Gasteiger partial charge on any atom is 0.313 e. The molecule has 0 radical (unpaired) electrons. The van der Waals surface area contributed by atoms with E-state index in [1.807, 2.05) is 49.3 Å². The summed E-state index contributed by atoms with van der Waals surface area (Å²) >= 11 is 6.82. The molecule has 1 amide bonds. The molecule has 1 aromatic heterocycles. The Morgan fingerprint density at radius 2 is 1.97 bits per heavy atom. The van der Waals surface area contributed by atoms with Crippen molar-refractivity contribution in [1.82, 2.24) is 19.4 Å². The second-order valence-corrected chi connectivity index (χ2v) is 10.2. The summed E-state index contributed by atoms with van der Waals surface area (Å²) in [5.74, 6) is 0.132. The van der Waals surface area contributed by atoms with Crippen LogP contribution < -0.4 is 10.3 Å². The van der Waals surface area contributed by atoms with Gasteiger partial charge in [-0.2, -0.15) is 0 Å². The smallest absolute Gasteiger partial charge is 0.313 e. The number of hydrogen-bond donors (Lipinski definition) is 1. The van der Waals surface area contributed by atoms with Gasteiger partial charge in [0, 0.05) is 37.7 Å². The van der Waals surface area contributed by atoms with Gasteiger partial charge in [0.2, 0.25) is 5.91 Å². The number of fused-ring (bicyclic) bond motifs is 2. The molecule has 0 bridgehead atoms. The largest absolute Gasteiger partial charge is 0.508 e. The van der Waals surface area contributed by atoms with Crippen molar-refractivity contribution in [2.24, 2.45) is 5.92 Å². The zero-order valence-electron chi connectivity index (χ0n) is 21.4. The highest BCUT2D eigenvalue weighted by molar-refractivity contribution is 6.34. The zero-order valence-corrected chi connectivity index (χ0v) is 22.1. The minimum atomic E-state index is -0.337. The first-order valence-corrected chi connectivity index (χ1v) is 12.8. The number of likely N-dealkylation sites (N-methyl/N-ethyl adjacent to an activating group) is 1. The highest BCUT2D eigenvalue weighted by atomic mass is 35.5. The average molecular weight is 533 g/mol. The van der Waals surface area contributed by atoms with Gasteiger partial charge in [0.05, 0.1) is 16.1 Å². The van der Waals surface area contributed by atoms with Crippen LogP contribution >= 0.6 is 11.6 Å². The van der Waals surface area contributed by atoms with Gasteiger partial charge in [0.25, 0.3) is 5.88 Å². The van der Waals surface area contributed by atoms with Crippen molar-refractivity contribution < 1.29 is 14.6 Å². The summed E-state index contributed by atoms with van der Waals surface area (Å²) in [7, 11) is 3.85. The maximum absolute atomic E-state index is 13.5. The van der Waals surface area contributed by atoms with Crippen LogP contribution in [0.25, 0.3) is 32.9 Å². The van der Waals surface area contributed by atoms with Crippen molar-refractivity contribution in [2.75, 3.05) is 40.3 Å². The summed E-state index contributed by atoms with van der Waals surface area (Å²) < 4.78 is 7.48. The molecule has 1 fully saturated rings. The van der Waals surface area contributed by atoms with Gasteiger partial charge >= 0.3 is 5.56 Å². The number of aromatic hydroxyl groups is 1. The Labute approximate surface area is 225 Å². The molecule has 4 aromatic rings. The number of rotatable bonds is 8. The first-order valence-electron chi connectivity index (χ1n) is 12.4. The Balaban J connectivity index is 1.61. The predicted octanol–water partition coefficient (Wildman–Crippen LogP) is 4.16. The Bertz CT molecular complexity index is 1610. The van der Waals surface area contributed by atoms with E-state index in [1.54, 1.807) is 27.7 Å². The first kappa shape index (κ1) is 25.8. The Morgan fingerprint density at radius 3 is 2.71 bits per heavy atom. The Morgan fingerprint density at radius 1 is 1.21 bits per heavy atom. The summed E-state index contributed by atoms with van der Waals surface area (Å²) in [6.07, 6.45) is 1.30. The summed E-state index contributed by atoms with van der Waals surface area (Å²) in [6.45, 7) is 5.96. The van der Waals surface area contributed by atoms with Gasteiger partial charge in [0.1, 0.15) is 12.4 Å². The second-order valence-electron chi connectivity index (χ2n) is 9.83. The van der Waals surface area contributed by atoms with E-state index in [-0.39, 0.29) is 29.0 Å². The van der Waals surface area contributed by atoms with E-state index in [4.69, 9.17) is 16.3 Å². The number of nitrogens with zero attached hydrogens (tertiary/aromatic N) is 4. The molecule has 0 spiro atoms. The molecule has 0 atom stereocenters. The topological polar surface area (TPSA) is 87.9 Å². The van der Waals surface area contributed by atoms with Crippen LogP contribution in [-0.2, 0) is 11.3 Å². The predicted molar refractivity (Wildman–Crippen MR) is 150 cm³/mol. The highest BCUT2D eigenvalue weighted by Gasteiger charge is 2.30. The minimum absolute atomic E-state index is 0.0201. The fourth-order valence-electron chi connectivity index (χ4n) is 4.82. The molecular weight excluding hydrogens is 504 g/mol. The van der Waals surface area contributed by atoms with Crippen LogP contribution in [-0.4, -0.2) is 70.7 Å². The lowest BCUT2D eigenvalue weighted by Gasteiger charge is -2.39. The molecule has 0 aliphatic carbocycles. The van der Waals surface area contributed by atoms with Gasteiger partial charge in [-0.1, -0.05) is 42.4 Å². The molecule has 3 aromatic carbocycles. The summed E-state index contributed by atoms with van der Waals surface area (Å²) in [4.78, 5) is 33.6. The number of phenolic OH excluding ortho intramolecular Hbond substituents is 1. The highest BCUT2D eigenvalue weighted by Crippen LogP contribution is 2.38. The van der Waals surface area contributed by atoms with Crippen LogP contribution in [0.15, 0.2) is 66.0 Å². The van der Waals surface area contributed by atoms with Crippen molar-refractivity contribution in [3.05, 3.63) is 76.6 Å². The summed E-state index contributed by atoms with van der Waals surface area (Å²) in [5, 5.41) is 12.6. The third-order valence-corrected chi connectivity index (χ3v) is 7.12. The number of halogens is 1. The molecule has 38 heavy (non-hydrogen) atoms. The van der Waals surface area contributed by atoms with Gasteiger partial charge < -0.3 is 24.2 Å². The minimum Gasteiger partial charge on any atom is -0.508 e. The molecule has 1 saturated heterocycles. The second kappa shape index (κ2) is 10.5. The van der Waals surface area contributed by atoms with Gasteiger partial charge in [-0.3, -0.25) is 9.59 Å². The molecule has 196 valence electrons. The van der Waals surface area contributed by atoms with E-state index in [0.717, 1.165) is 16.3 Å². The quantitative estimate of drug-likeness (QED) is 0.343. The molecule has 1 aliphatic heterocycles. The van der Waals surface area contributed by atoms with Crippen LogP contribution in [0.5, 0.6) is 11.6 Å². The normalized spacial score (nSPS) is 13.7. The van der Waals surface area contributed by atoms with E-state index in [0.29, 0.717) is 54.4 Å². The summed E-state index contributed by atoms with van der Waals surface area (Å²) in [6, 6.07) is 14.7. The number of carbonyl (C=O) groups is 1.